The van der Waals surface area contributed by atoms with Crippen LogP contribution in [0.5, 0.6) is 5.75 Å². The molecule has 0 saturated heterocycles. The number of nitrogens with zero attached hydrogens (tertiary/aromatic N) is 2. The minimum Gasteiger partial charge on any atom is -0.480 e. The van der Waals surface area contributed by atoms with Crippen LogP contribution >= 0.6 is 12.2 Å². The van der Waals surface area contributed by atoms with E-state index in [1.54, 1.807) is 18.5 Å². The van der Waals surface area contributed by atoms with Gasteiger partial charge in [-0.2, -0.15) is 5.10 Å². The second-order valence-electron chi connectivity index (χ2n) is 3.78. The highest BCUT2D eigenvalue weighted by molar-refractivity contribution is 7.71. The lowest BCUT2D eigenvalue weighted by Gasteiger charge is -2.14. The number of benzene rings is 1. The predicted octanol–water partition coefficient (Wildman–Crippen LogP) is 2.90. The van der Waals surface area contributed by atoms with Crippen LogP contribution in [0, 0.1) is 16.4 Å². The third kappa shape index (κ3) is 2.40. The Morgan fingerprint density at radius 3 is 2.72 bits per heavy atom. The van der Waals surface area contributed by atoms with Crippen LogP contribution < -0.4 is 4.74 Å². The summed E-state index contributed by atoms with van der Waals surface area (Å²) in [5.74, 6) is -0.897. The quantitative estimate of drug-likeness (QED) is 0.873. The van der Waals surface area contributed by atoms with Crippen molar-refractivity contribution in [1.29, 1.82) is 0 Å². The topological polar surface area (TPSA) is 42.8 Å². The van der Waals surface area contributed by atoms with Gasteiger partial charge in [-0.1, -0.05) is 0 Å². The number of hydrogen-bond donors (Lipinski definition) is 1. The Balaban J connectivity index is 2.24. The van der Waals surface area contributed by atoms with Crippen molar-refractivity contribution >= 4 is 12.2 Å². The third-order valence-corrected chi connectivity index (χ3v) is 2.84. The van der Waals surface area contributed by atoms with E-state index in [0.29, 0.717) is 10.6 Å². The highest BCUT2D eigenvalue weighted by Gasteiger charge is 2.16. The van der Waals surface area contributed by atoms with E-state index >= 15 is 0 Å². The van der Waals surface area contributed by atoms with Crippen molar-refractivity contribution in [2.24, 2.45) is 7.05 Å². The summed E-state index contributed by atoms with van der Waals surface area (Å²) in [5, 5.41) is 6.59. The first-order valence-electron chi connectivity index (χ1n) is 5.22. The first-order valence-corrected chi connectivity index (χ1v) is 5.63. The Labute approximate surface area is 107 Å². The molecule has 1 heterocycles. The smallest absolute Gasteiger partial charge is 0.195 e. The number of hydrogen-bond acceptors (Lipinski definition) is 3. The normalized spacial score (nSPS) is 12.4. The molecule has 0 radical (unpaired) electrons. The lowest BCUT2D eigenvalue weighted by Crippen LogP contribution is -2.10. The van der Waals surface area contributed by atoms with E-state index in [-0.39, 0.29) is 5.75 Å². The molecule has 0 aliphatic carbocycles. The van der Waals surface area contributed by atoms with Gasteiger partial charge in [0.1, 0.15) is 5.82 Å². The lowest BCUT2D eigenvalue weighted by atomic mass is 10.3. The van der Waals surface area contributed by atoms with Gasteiger partial charge in [-0.3, -0.25) is 5.10 Å². The highest BCUT2D eigenvalue weighted by atomic mass is 32.1. The minimum atomic E-state index is -0.751. The Hall–Kier alpha value is -1.76. The van der Waals surface area contributed by atoms with Crippen molar-refractivity contribution in [2.45, 2.75) is 13.0 Å². The molecule has 0 spiro atoms. The van der Waals surface area contributed by atoms with Crippen LogP contribution in [0.25, 0.3) is 0 Å². The van der Waals surface area contributed by atoms with Crippen molar-refractivity contribution in [2.75, 3.05) is 0 Å². The van der Waals surface area contributed by atoms with Crippen molar-refractivity contribution < 1.29 is 13.5 Å². The summed E-state index contributed by atoms with van der Waals surface area (Å²) in [6.45, 7) is 1.70. The molecule has 2 aromatic rings. The largest absolute Gasteiger partial charge is 0.480 e. The average Bonchev–Trinajstić information content (AvgIpc) is 2.64. The molecule has 0 saturated carbocycles. The minimum absolute atomic E-state index is 0.0298. The molecule has 0 fully saturated rings. The maximum atomic E-state index is 13.4. The summed E-state index contributed by atoms with van der Waals surface area (Å²) < 4.78 is 33.6. The van der Waals surface area contributed by atoms with E-state index in [4.69, 9.17) is 17.0 Å². The third-order valence-electron chi connectivity index (χ3n) is 2.48. The van der Waals surface area contributed by atoms with E-state index < -0.39 is 17.7 Å². The molecule has 18 heavy (non-hydrogen) atoms. The zero-order valence-corrected chi connectivity index (χ0v) is 10.6. The molecule has 2 rings (SSSR count). The predicted molar refractivity (Wildman–Crippen MR) is 63.8 cm³/mol. The van der Waals surface area contributed by atoms with Crippen LogP contribution in [0.15, 0.2) is 18.2 Å². The molecule has 1 unspecified atom stereocenters. The molecule has 0 aliphatic rings. The van der Waals surface area contributed by atoms with Crippen molar-refractivity contribution in [1.82, 2.24) is 14.8 Å². The van der Waals surface area contributed by atoms with Gasteiger partial charge in [-0.25, -0.2) is 8.78 Å². The fraction of sp³-hybridized carbons (Fsp3) is 0.273. The van der Waals surface area contributed by atoms with Gasteiger partial charge in [0, 0.05) is 13.1 Å². The second kappa shape index (κ2) is 4.85. The summed E-state index contributed by atoms with van der Waals surface area (Å²) in [6, 6.07) is 3.14. The maximum Gasteiger partial charge on any atom is 0.195 e. The van der Waals surface area contributed by atoms with E-state index in [2.05, 4.69) is 10.2 Å². The summed E-state index contributed by atoms with van der Waals surface area (Å²) in [4.78, 5) is 0. The molecule has 0 aliphatic heterocycles. The Kier molecular flexibility index (Phi) is 3.42. The maximum absolute atomic E-state index is 13.4. The fourth-order valence-corrected chi connectivity index (χ4v) is 1.68. The van der Waals surface area contributed by atoms with Crippen LogP contribution in [-0.4, -0.2) is 14.8 Å². The lowest BCUT2D eigenvalue weighted by molar-refractivity contribution is 0.202. The number of aromatic nitrogens is 3. The summed E-state index contributed by atoms with van der Waals surface area (Å²) in [7, 11) is 1.72. The number of ether oxygens (including phenoxy) is 1. The van der Waals surface area contributed by atoms with Crippen molar-refractivity contribution in [3.05, 3.63) is 40.4 Å². The fourth-order valence-electron chi connectivity index (χ4n) is 1.54. The highest BCUT2D eigenvalue weighted by Crippen LogP contribution is 2.23. The van der Waals surface area contributed by atoms with Crippen molar-refractivity contribution in [3.63, 3.8) is 0 Å². The monoisotopic (exact) mass is 271 g/mol. The van der Waals surface area contributed by atoms with Crippen LogP contribution in [0.3, 0.4) is 0 Å². The zero-order valence-electron chi connectivity index (χ0n) is 9.78. The molecular formula is C11H11F2N3OS. The van der Waals surface area contributed by atoms with Gasteiger partial charge in [0.05, 0.1) is 0 Å². The molecule has 1 N–H and O–H groups in total. The van der Waals surface area contributed by atoms with Crippen LogP contribution in [0.1, 0.15) is 18.9 Å². The zero-order chi connectivity index (χ0) is 13.3. The van der Waals surface area contributed by atoms with Crippen LogP contribution in [-0.2, 0) is 7.05 Å². The van der Waals surface area contributed by atoms with Crippen molar-refractivity contribution in [3.8, 4) is 5.75 Å². The van der Waals surface area contributed by atoms with E-state index in [1.165, 1.54) is 6.07 Å². The van der Waals surface area contributed by atoms with Gasteiger partial charge >= 0.3 is 0 Å². The SMILES string of the molecule is CC(Oc1ccc(F)cc1F)c1n[nH]c(=S)n1C. The first kappa shape index (κ1) is 12.7. The second-order valence-corrected chi connectivity index (χ2v) is 4.17. The molecular weight excluding hydrogens is 260 g/mol. The Morgan fingerprint density at radius 2 is 2.17 bits per heavy atom. The molecule has 7 heteroatoms. The van der Waals surface area contributed by atoms with Gasteiger partial charge in [0.2, 0.25) is 0 Å². The molecule has 1 aromatic heterocycles. The van der Waals surface area contributed by atoms with Gasteiger partial charge in [0.25, 0.3) is 0 Å². The van der Waals surface area contributed by atoms with Gasteiger partial charge in [-0.15, -0.1) is 0 Å². The average molecular weight is 271 g/mol. The Bertz CT molecular complexity index is 623. The molecule has 96 valence electrons. The number of aromatic amines is 1. The summed E-state index contributed by atoms with van der Waals surface area (Å²) in [5.41, 5.74) is 0. The van der Waals surface area contributed by atoms with E-state index in [1.807, 2.05) is 0 Å². The summed E-state index contributed by atoms with van der Waals surface area (Å²) in [6.07, 6.45) is -0.511. The Morgan fingerprint density at radius 1 is 1.44 bits per heavy atom. The molecule has 1 aromatic carbocycles. The van der Waals surface area contributed by atoms with E-state index in [0.717, 1.165) is 12.1 Å². The molecule has 0 bridgehead atoms. The van der Waals surface area contributed by atoms with Crippen LogP contribution in [0.2, 0.25) is 0 Å². The van der Waals surface area contributed by atoms with Gasteiger partial charge in [0.15, 0.2) is 28.3 Å². The molecule has 4 nitrogen and oxygen atoms in total. The standard InChI is InChI=1S/C11H11F2N3OS/c1-6(10-14-15-11(18)16(10)2)17-9-4-3-7(12)5-8(9)13/h3-6H,1-2H3,(H,15,18). The summed E-state index contributed by atoms with van der Waals surface area (Å²) >= 11 is 4.97. The molecule has 0 amide bonds. The number of nitrogens with one attached hydrogen (secondary N) is 1. The number of halogens is 2. The van der Waals surface area contributed by atoms with Crippen LogP contribution in [0.4, 0.5) is 8.78 Å². The number of rotatable bonds is 3. The van der Waals surface area contributed by atoms with Gasteiger partial charge in [-0.05, 0) is 31.3 Å². The van der Waals surface area contributed by atoms with Gasteiger partial charge < -0.3 is 9.30 Å². The van der Waals surface area contributed by atoms with E-state index in [9.17, 15) is 8.78 Å². The number of H-pyrrole nitrogens is 1. The molecule has 1 atom stereocenters. The first-order chi connectivity index (χ1) is 8.49.